The normalized spacial score (nSPS) is 29.7. The van der Waals surface area contributed by atoms with Crippen molar-refractivity contribution in [3.63, 3.8) is 0 Å². The van der Waals surface area contributed by atoms with Crippen LogP contribution >= 0.6 is 0 Å². The second kappa shape index (κ2) is 13.3. The molecule has 2 bridgehead atoms. The Morgan fingerprint density at radius 3 is 2.68 bits per heavy atom. The number of allylic oxidation sites excluding steroid dienone is 2. The van der Waals surface area contributed by atoms with Crippen LogP contribution in [0, 0.1) is 11.8 Å². The van der Waals surface area contributed by atoms with Crippen LogP contribution in [-0.2, 0) is 25.5 Å². The average Bonchev–Trinajstić information content (AvgIpc) is 3.52. The SMILES string of the molecule is CC1=C\[C@@H](O)CC(=O)Cc2nc(n[nH]2)C(=O)N2CCC[C@@H]2C(=O)O[C@H](C(C)C)[C@H](C)/C=C/C(=O)NC\C=C\1. The van der Waals surface area contributed by atoms with Gasteiger partial charge in [0.15, 0.2) is 0 Å². The lowest BCUT2D eigenvalue weighted by molar-refractivity contribution is -0.158. The van der Waals surface area contributed by atoms with Crippen molar-refractivity contribution in [2.75, 3.05) is 13.1 Å². The Labute approximate surface area is 222 Å². The summed E-state index contributed by atoms with van der Waals surface area (Å²) in [4.78, 5) is 56.6. The van der Waals surface area contributed by atoms with E-state index in [1.165, 1.54) is 11.0 Å². The van der Waals surface area contributed by atoms with Gasteiger partial charge in [-0.05, 0) is 31.8 Å². The Kier molecular flexibility index (Phi) is 10.1. The van der Waals surface area contributed by atoms with Crippen molar-refractivity contribution < 1.29 is 29.0 Å². The lowest BCUT2D eigenvalue weighted by Crippen LogP contribution is -2.44. The molecule has 3 N–H and O–H groups in total. The van der Waals surface area contributed by atoms with E-state index in [2.05, 4.69) is 20.5 Å². The lowest BCUT2D eigenvalue weighted by atomic mass is 9.94. The van der Waals surface area contributed by atoms with E-state index >= 15 is 0 Å². The summed E-state index contributed by atoms with van der Waals surface area (Å²) in [7, 11) is 0. The number of aliphatic hydroxyl groups excluding tert-OH is 1. The molecule has 0 aliphatic carbocycles. The summed E-state index contributed by atoms with van der Waals surface area (Å²) in [6.45, 7) is 8.15. The number of nitrogens with zero attached hydrogens (tertiary/aromatic N) is 3. The summed E-state index contributed by atoms with van der Waals surface area (Å²) in [5, 5.41) is 19.6. The first-order chi connectivity index (χ1) is 18.0. The number of nitrogens with one attached hydrogen (secondary N) is 2. The van der Waals surface area contributed by atoms with Crippen molar-refractivity contribution >= 4 is 23.6 Å². The third kappa shape index (κ3) is 7.95. The summed E-state index contributed by atoms with van der Waals surface area (Å²) < 4.78 is 5.87. The van der Waals surface area contributed by atoms with Gasteiger partial charge in [-0.15, -0.1) is 5.10 Å². The quantitative estimate of drug-likeness (QED) is 0.466. The smallest absolute Gasteiger partial charge is 0.329 e. The Bertz CT molecular complexity index is 1120. The number of carbonyl (C=O) groups is 4. The number of rotatable bonds is 1. The van der Waals surface area contributed by atoms with Crippen LogP contribution in [0.15, 0.2) is 36.0 Å². The number of hydrogen-bond donors (Lipinski definition) is 3. The molecule has 206 valence electrons. The fraction of sp³-hybridized carbons (Fsp3) is 0.556. The molecule has 1 saturated heterocycles. The first-order valence-electron chi connectivity index (χ1n) is 13.0. The highest BCUT2D eigenvalue weighted by atomic mass is 16.5. The zero-order valence-electron chi connectivity index (χ0n) is 22.3. The number of H-pyrrole nitrogens is 1. The average molecular weight is 528 g/mol. The third-order valence-electron chi connectivity index (χ3n) is 6.52. The van der Waals surface area contributed by atoms with Gasteiger partial charge in [-0.2, -0.15) is 0 Å². The standard InChI is InChI=1S/C27H37N5O6/c1-16(2)24-18(4)9-10-23(35)28-11-5-7-17(3)13-19(33)14-20(34)15-22-29-25(31-30-22)26(36)32-12-6-8-21(32)27(37)38-24/h5,7,9-10,13,16,18-19,21,24,33H,6,8,11-12,14-15H2,1-4H3,(H,28,35)(H,29,30,31)/b7-5+,10-9+,17-13+/t18-,19-,21-,24-/m1/s1. The number of fused-ring (bicyclic) bond motifs is 3. The van der Waals surface area contributed by atoms with Crippen LogP contribution in [-0.4, -0.2) is 80.1 Å². The molecule has 38 heavy (non-hydrogen) atoms. The van der Waals surface area contributed by atoms with Crippen molar-refractivity contribution in [3.8, 4) is 0 Å². The van der Waals surface area contributed by atoms with Gasteiger partial charge in [0.05, 0.1) is 12.5 Å². The number of aromatic amines is 1. The maximum absolute atomic E-state index is 13.2. The van der Waals surface area contributed by atoms with Gasteiger partial charge in [0, 0.05) is 25.4 Å². The van der Waals surface area contributed by atoms with Gasteiger partial charge in [-0.3, -0.25) is 19.5 Å². The molecule has 2 aliphatic rings. The second-order valence-electron chi connectivity index (χ2n) is 10.2. The zero-order chi connectivity index (χ0) is 27.8. The number of aliphatic hydroxyl groups is 1. The van der Waals surface area contributed by atoms with Crippen LogP contribution in [0.25, 0.3) is 0 Å². The van der Waals surface area contributed by atoms with Crippen molar-refractivity contribution in [2.24, 2.45) is 11.8 Å². The summed E-state index contributed by atoms with van der Waals surface area (Å²) in [6, 6.07) is -0.773. The predicted octanol–water partition coefficient (Wildman–Crippen LogP) is 1.66. The number of Topliss-reactive ketones (excluding diaryl/α,β-unsaturated/α-hetero) is 1. The van der Waals surface area contributed by atoms with Crippen LogP contribution in [0.2, 0.25) is 0 Å². The molecule has 11 heteroatoms. The molecule has 0 saturated carbocycles. The molecule has 3 rings (SSSR count). The Morgan fingerprint density at radius 2 is 1.95 bits per heavy atom. The number of hydrogen-bond acceptors (Lipinski definition) is 8. The lowest BCUT2D eigenvalue weighted by Gasteiger charge is -2.29. The largest absolute Gasteiger partial charge is 0.460 e. The monoisotopic (exact) mass is 527 g/mol. The molecule has 4 atom stereocenters. The van der Waals surface area contributed by atoms with Crippen LogP contribution in [0.3, 0.4) is 0 Å². The molecule has 1 aromatic heterocycles. The molecular weight excluding hydrogens is 490 g/mol. The van der Waals surface area contributed by atoms with Crippen molar-refractivity contribution in [3.05, 3.63) is 47.6 Å². The first-order valence-corrected chi connectivity index (χ1v) is 13.0. The topological polar surface area (TPSA) is 155 Å². The fourth-order valence-electron chi connectivity index (χ4n) is 4.64. The highest BCUT2D eigenvalue weighted by Gasteiger charge is 2.39. The Hall–Kier alpha value is -3.60. The number of cyclic esters (lactones) is 1. The van der Waals surface area contributed by atoms with E-state index in [0.29, 0.717) is 19.4 Å². The number of carbonyl (C=O) groups excluding carboxylic acids is 4. The highest BCUT2D eigenvalue weighted by molar-refractivity contribution is 5.94. The molecule has 0 unspecified atom stereocenters. The minimum atomic E-state index is -0.998. The summed E-state index contributed by atoms with van der Waals surface area (Å²) >= 11 is 0. The minimum Gasteiger partial charge on any atom is -0.460 e. The maximum atomic E-state index is 13.2. The zero-order valence-corrected chi connectivity index (χ0v) is 22.3. The van der Waals surface area contributed by atoms with Gasteiger partial charge in [-0.25, -0.2) is 9.78 Å². The molecule has 2 aliphatic heterocycles. The van der Waals surface area contributed by atoms with Crippen LogP contribution < -0.4 is 5.32 Å². The molecule has 2 amide bonds. The van der Waals surface area contributed by atoms with Crippen molar-refractivity contribution in [2.45, 2.75) is 71.6 Å². The van der Waals surface area contributed by atoms with Crippen molar-refractivity contribution in [1.29, 1.82) is 0 Å². The van der Waals surface area contributed by atoms with Gasteiger partial charge in [0.1, 0.15) is 23.8 Å². The third-order valence-corrected chi connectivity index (χ3v) is 6.52. The highest BCUT2D eigenvalue weighted by Crippen LogP contribution is 2.24. The molecule has 0 spiro atoms. The van der Waals surface area contributed by atoms with E-state index in [1.54, 1.807) is 31.2 Å². The minimum absolute atomic E-state index is 0.0251. The molecular formula is C27H37N5O6. The molecule has 11 nitrogen and oxygen atoms in total. The molecule has 3 heterocycles. The number of aromatic nitrogens is 3. The number of esters is 1. The summed E-state index contributed by atoms with van der Waals surface area (Å²) in [6.07, 6.45) is 7.49. The van der Waals surface area contributed by atoms with Gasteiger partial charge in [0.25, 0.3) is 5.91 Å². The summed E-state index contributed by atoms with van der Waals surface area (Å²) in [5.41, 5.74) is 0.733. The van der Waals surface area contributed by atoms with Crippen LogP contribution in [0.1, 0.15) is 63.4 Å². The molecule has 1 fully saturated rings. The number of amides is 2. The Balaban J connectivity index is 1.85. The summed E-state index contributed by atoms with van der Waals surface area (Å²) in [5.74, 6) is -1.79. The Morgan fingerprint density at radius 1 is 1.18 bits per heavy atom. The van der Waals surface area contributed by atoms with Crippen molar-refractivity contribution in [1.82, 2.24) is 25.4 Å². The number of ether oxygens (including phenoxy) is 1. The van der Waals surface area contributed by atoms with Crippen LogP contribution in [0.4, 0.5) is 0 Å². The van der Waals surface area contributed by atoms with Gasteiger partial charge in [-0.1, -0.05) is 50.6 Å². The van der Waals surface area contributed by atoms with Gasteiger partial charge in [0.2, 0.25) is 11.7 Å². The molecule has 1 aromatic rings. The molecule has 0 radical (unpaired) electrons. The molecule has 0 aromatic carbocycles. The van der Waals surface area contributed by atoms with E-state index in [4.69, 9.17) is 4.74 Å². The van der Waals surface area contributed by atoms with Gasteiger partial charge >= 0.3 is 5.97 Å². The fourth-order valence-corrected chi connectivity index (χ4v) is 4.64. The van der Waals surface area contributed by atoms with E-state index in [9.17, 15) is 24.3 Å². The first kappa shape index (κ1) is 29.0. The van der Waals surface area contributed by atoms with E-state index < -0.39 is 30.1 Å². The predicted molar refractivity (Wildman–Crippen MR) is 139 cm³/mol. The van der Waals surface area contributed by atoms with E-state index in [0.717, 1.165) is 5.57 Å². The number of ketones is 1. The van der Waals surface area contributed by atoms with E-state index in [1.807, 2.05) is 20.8 Å². The van der Waals surface area contributed by atoms with Gasteiger partial charge < -0.3 is 20.1 Å². The van der Waals surface area contributed by atoms with Crippen LogP contribution in [0.5, 0.6) is 0 Å². The van der Waals surface area contributed by atoms with E-state index in [-0.39, 0.29) is 54.6 Å². The maximum Gasteiger partial charge on any atom is 0.329 e. The second-order valence-corrected chi connectivity index (χ2v) is 10.2.